The van der Waals surface area contributed by atoms with E-state index >= 15 is 0 Å². The maximum atomic E-state index is 12.6. The van der Waals surface area contributed by atoms with Gasteiger partial charge < -0.3 is 25.6 Å². The van der Waals surface area contributed by atoms with Crippen LogP contribution in [0.4, 0.5) is 4.79 Å². The van der Waals surface area contributed by atoms with E-state index in [4.69, 9.17) is 15.2 Å². The number of alkyl carbamates (subject to hydrolysis) is 1. The maximum Gasteiger partial charge on any atom is 0.407 e. The number of carbonyl (C=O) groups excluding carboxylic acids is 1. The topological polar surface area (TPSA) is 107 Å². The van der Waals surface area contributed by atoms with Crippen LogP contribution in [0, 0.1) is 0 Å². The molecule has 186 valence electrons. The highest BCUT2D eigenvalue weighted by molar-refractivity contribution is 5.67. The zero-order valence-corrected chi connectivity index (χ0v) is 20.0. The number of aliphatic hydroxyl groups is 1. The number of aliphatic hydroxyl groups excluding tert-OH is 1. The number of hydrogen-bond acceptors (Lipinski definition) is 6. The minimum Gasteiger partial charge on any atom is -0.450 e. The van der Waals surface area contributed by atoms with Gasteiger partial charge in [0, 0.05) is 24.5 Å². The number of aromatic nitrogens is 1. The number of aryl methyl sites for hydroxylation is 1. The lowest BCUT2D eigenvalue weighted by Crippen LogP contribution is -2.49. The molecule has 0 spiro atoms. The third kappa shape index (κ3) is 9.48. The van der Waals surface area contributed by atoms with Crippen molar-refractivity contribution in [3.8, 4) is 0 Å². The lowest BCUT2D eigenvalue weighted by molar-refractivity contribution is -0.0218. The first-order chi connectivity index (χ1) is 17.2. The molecule has 7 heteroatoms. The number of rotatable bonds is 14. The highest BCUT2D eigenvalue weighted by atomic mass is 16.5. The summed E-state index contributed by atoms with van der Waals surface area (Å²) < 4.78 is 11.4. The van der Waals surface area contributed by atoms with Crippen LogP contribution in [0.15, 0.2) is 85.2 Å². The van der Waals surface area contributed by atoms with E-state index in [0.29, 0.717) is 18.6 Å². The molecule has 0 radical (unpaired) electrons. The van der Waals surface area contributed by atoms with Gasteiger partial charge in [-0.3, -0.25) is 4.98 Å². The van der Waals surface area contributed by atoms with Gasteiger partial charge in [-0.2, -0.15) is 0 Å². The molecular weight excluding hydrogens is 442 g/mol. The quantitative estimate of drug-likeness (QED) is 0.305. The summed E-state index contributed by atoms with van der Waals surface area (Å²) in [5.41, 5.74) is 8.98. The average Bonchev–Trinajstić information content (AvgIpc) is 2.90. The number of hydrogen-bond donors (Lipinski definition) is 3. The van der Waals surface area contributed by atoms with E-state index in [1.54, 1.807) is 24.5 Å². The molecule has 0 aliphatic rings. The zero-order chi connectivity index (χ0) is 24.7. The van der Waals surface area contributed by atoms with E-state index < -0.39 is 24.3 Å². The molecule has 0 saturated heterocycles. The summed E-state index contributed by atoms with van der Waals surface area (Å²) in [6.07, 6.45) is 4.58. The Bertz CT molecular complexity index is 973. The van der Waals surface area contributed by atoms with E-state index in [1.165, 1.54) is 5.56 Å². The number of nitrogens with two attached hydrogens (primary N) is 1. The Kier molecular flexibility index (Phi) is 11.2. The Morgan fingerprint density at radius 1 is 0.971 bits per heavy atom. The van der Waals surface area contributed by atoms with Crippen LogP contribution in [0.25, 0.3) is 0 Å². The molecule has 1 heterocycles. The van der Waals surface area contributed by atoms with Gasteiger partial charge in [0.25, 0.3) is 0 Å². The second-order valence-electron chi connectivity index (χ2n) is 8.43. The molecular formula is C28H35N3O4. The Labute approximate surface area is 207 Å². The lowest BCUT2D eigenvalue weighted by Gasteiger charge is -2.28. The van der Waals surface area contributed by atoms with Crippen LogP contribution in [0.3, 0.4) is 0 Å². The average molecular weight is 478 g/mol. The van der Waals surface area contributed by atoms with E-state index in [0.717, 1.165) is 24.8 Å². The summed E-state index contributed by atoms with van der Waals surface area (Å²) in [4.78, 5) is 16.6. The van der Waals surface area contributed by atoms with Crippen molar-refractivity contribution < 1.29 is 19.4 Å². The fraction of sp³-hybridized carbons (Fsp3) is 0.357. The first kappa shape index (κ1) is 26.3. The van der Waals surface area contributed by atoms with Gasteiger partial charge in [-0.25, -0.2) is 4.79 Å². The number of pyridine rings is 1. The Morgan fingerprint density at radius 2 is 1.69 bits per heavy atom. The third-order valence-corrected chi connectivity index (χ3v) is 5.76. The van der Waals surface area contributed by atoms with Crippen molar-refractivity contribution in [3.63, 3.8) is 0 Å². The Hall–Kier alpha value is -3.26. The smallest absolute Gasteiger partial charge is 0.407 e. The largest absolute Gasteiger partial charge is 0.450 e. The molecule has 1 amide bonds. The number of benzene rings is 2. The van der Waals surface area contributed by atoms with Crippen molar-refractivity contribution in [3.05, 3.63) is 102 Å². The van der Waals surface area contributed by atoms with Crippen LogP contribution in [0.2, 0.25) is 0 Å². The SMILES string of the molecule is NCC(OCC(O)c1cccnc1)C(Cc1ccccc1)NC(=O)OCCCCc1ccccc1. The third-order valence-electron chi connectivity index (χ3n) is 5.76. The standard InChI is InChI=1S/C28H35N3O4/c29-19-27(35-21-26(32)24-15-9-16-30-20-24)25(18-23-13-5-2-6-14-23)31-28(33)34-17-8-7-12-22-10-3-1-4-11-22/h1-6,9-11,13-16,20,25-27,32H,7-8,12,17-19,21,29H2,(H,31,33). The first-order valence-electron chi connectivity index (χ1n) is 12.1. The van der Waals surface area contributed by atoms with Crippen LogP contribution >= 0.6 is 0 Å². The summed E-state index contributed by atoms with van der Waals surface area (Å²) in [6, 6.07) is 23.2. The van der Waals surface area contributed by atoms with Crippen molar-refractivity contribution >= 4 is 6.09 Å². The predicted octanol–water partition coefficient (Wildman–Crippen LogP) is 3.82. The molecule has 35 heavy (non-hydrogen) atoms. The van der Waals surface area contributed by atoms with Gasteiger partial charge in [0.05, 0.1) is 25.4 Å². The van der Waals surface area contributed by atoms with Crippen molar-refractivity contribution in [2.75, 3.05) is 19.8 Å². The molecule has 2 aromatic carbocycles. The number of ether oxygens (including phenoxy) is 2. The number of nitrogens with zero attached hydrogens (tertiary/aromatic N) is 1. The molecule has 0 saturated carbocycles. The molecule has 3 atom stereocenters. The minimum atomic E-state index is -0.841. The molecule has 3 rings (SSSR count). The predicted molar refractivity (Wildman–Crippen MR) is 136 cm³/mol. The van der Waals surface area contributed by atoms with Crippen LogP contribution in [-0.4, -0.2) is 48.1 Å². The molecule has 0 fully saturated rings. The fourth-order valence-corrected chi connectivity index (χ4v) is 3.81. The number of amides is 1. The normalized spacial score (nSPS) is 13.5. The summed E-state index contributed by atoms with van der Waals surface area (Å²) in [6.45, 7) is 0.550. The monoisotopic (exact) mass is 477 g/mol. The second kappa shape index (κ2) is 14.9. The molecule has 3 aromatic rings. The summed E-state index contributed by atoms with van der Waals surface area (Å²) in [5.74, 6) is 0. The summed E-state index contributed by atoms with van der Waals surface area (Å²) >= 11 is 0. The van der Waals surface area contributed by atoms with E-state index in [1.807, 2.05) is 48.5 Å². The zero-order valence-electron chi connectivity index (χ0n) is 20.0. The Balaban J connectivity index is 1.51. The van der Waals surface area contributed by atoms with Crippen LogP contribution in [-0.2, 0) is 22.3 Å². The van der Waals surface area contributed by atoms with Gasteiger partial charge in [-0.1, -0.05) is 66.7 Å². The summed E-state index contributed by atoms with van der Waals surface area (Å²) in [5, 5.41) is 13.4. The van der Waals surface area contributed by atoms with E-state index in [9.17, 15) is 9.90 Å². The van der Waals surface area contributed by atoms with Crippen molar-refractivity contribution in [1.29, 1.82) is 0 Å². The molecule has 1 aromatic heterocycles. The van der Waals surface area contributed by atoms with Crippen molar-refractivity contribution in [2.24, 2.45) is 5.73 Å². The van der Waals surface area contributed by atoms with E-state index in [-0.39, 0.29) is 13.2 Å². The number of nitrogens with one attached hydrogen (secondary N) is 1. The first-order valence-corrected chi connectivity index (χ1v) is 12.1. The van der Waals surface area contributed by atoms with E-state index in [2.05, 4.69) is 22.4 Å². The summed E-state index contributed by atoms with van der Waals surface area (Å²) in [7, 11) is 0. The van der Waals surface area contributed by atoms with Gasteiger partial charge in [0.1, 0.15) is 6.10 Å². The van der Waals surface area contributed by atoms with Crippen molar-refractivity contribution in [1.82, 2.24) is 10.3 Å². The molecule has 3 unspecified atom stereocenters. The van der Waals surface area contributed by atoms with Crippen LogP contribution < -0.4 is 11.1 Å². The maximum absolute atomic E-state index is 12.6. The van der Waals surface area contributed by atoms with Crippen LogP contribution in [0.5, 0.6) is 0 Å². The highest BCUT2D eigenvalue weighted by Gasteiger charge is 2.25. The lowest BCUT2D eigenvalue weighted by atomic mass is 10.0. The van der Waals surface area contributed by atoms with Gasteiger partial charge in [-0.05, 0) is 42.9 Å². The Morgan fingerprint density at radius 3 is 2.34 bits per heavy atom. The number of carbonyl (C=O) groups is 1. The van der Waals surface area contributed by atoms with Crippen LogP contribution in [0.1, 0.15) is 35.6 Å². The molecule has 0 aliphatic heterocycles. The highest BCUT2D eigenvalue weighted by Crippen LogP contribution is 2.15. The second-order valence-corrected chi connectivity index (χ2v) is 8.43. The fourth-order valence-electron chi connectivity index (χ4n) is 3.81. The number of unbranched alkanes of at least 4 members (excludes halogenated alkanes) is 1. The van der Waals surface area contributed by atoms with Gasteiger partial charge >= 0.3 is 6.09 Å². The molecule has 0 aliphatic carbocycles. The van der Waals surface area contributed by atoms with Gasteiger partial charge in [0.15, 0.2) is 0 Å². The van der Waals surface area contributed by atoms with Crippen molar-refractivity contribution in [2.45, 2.75) is 43.9 Å². The molecule has 4 N–H and O–H groups in total. The van der Waals surface area contributed by atoms with Gasteiger partial charge in [-0.15, -0.1) is 0 Å². The molecule has 0 bridgehead atoms. The minimum absolute atomic E-state index is 0.0368. The van der Waals surface area contributed by atoms with Gasteiger partial charge in [0.2, 0.25) is 0 Å². The molecule has 7 nitrogen and oxygen atoms in total.